The number of carbonyl (C=O) groups excluding carboxylic acids is 2. The highest BCUT2D eigenvalue weighted by Gasteiger charge is 2.01. The van der Waals surface area contributed by atoms with Crippen molar-refractivity contribution in [2.24, 2.45) is 0 Å². The van der Waals surface area contributed by atoms with E-state index in [0.717, 1.165) is 0 Å². The van der Waals surface area contributed by atoms with Crippen molar-refractivity contribution in [2.45, 2.75) is 6.42 Å². The van der Waals surface area contributed by atoms with Crippen LogP contribution < -0.4 is 10.6 Å². The number of carbonyl (C=O) groups is 2. The van der Waals surface area contributed by atoms with Crippen LogP contribution in [0.25, 0.3) is 0 Å². The molecule has 0 saturated carbocycles. The van der Waals surface area contributed by atoms with Crippen LogP contribution in [0.2, 0.25) is 0 Å². The van der Waals surface area contributed by atoms with E-state index in [1.54, 1.807) is 0 Å². The van der Waals surface area contributed by atoms with Gasteiger partial charge in [-0.1, -0.05) is 11.8 Å². The van der Waals surface area contributed by atoms with Crippen LogP contribution in [-0.4, -0.2) is 51.3 Å². The van der Waals surface area contributed by atoms with Crippen LogP contribution in [0.4, 0.5) is 0 Å². The molecule has 6 heteroatoms. The van der Waals surface area contributed by atoms with Crippen LogP contribution in [0.1, 0.15) is 6.42 Å². The van der Waals surface area contributed by atoms with Gasteiger partial charge >= 0.3 is 0 Å². The predicted octanol–water partition coefficient (Wildman–Crippen LogP) is -1.09. The summed E-state index contributed by atoms with van der Waals surface area (Å²) in [4.78, 5) is 22.1. The lowest BCUT2D eigenvalue weighted by Crippen LogP contribution is -2.28. The Kier molecular flexibility index (Phi) is 11.1. The van der Waals surface area contributed by atoms with Crippen LogP contribution in [-0.2, 0) is 19.1 Å². The summed E-state index contributed by atoms with van der Waals surface area (Å²) in [5.74, 6) is 4.15. The van der Waals surface area contributed by atoms with Crippen molar-refractivity contribution < 1.29 is 19.1 Å². The molecule has 0 radical (unpaired) electrons. The first-order valence-electron chi connectivity index (χ1n) is 5.76. The standard InChI is InChI=1S/C13H18N2O4/c1-3-6-14-12(16)5-8-18-9-10-19-11-13(17)15-7-4-2/h1-2H,5-11H2,(H,14,16)(H,15,17). The molecule has 0 bridgehead atoms. The zero-order chi connectivity index (χ0) is 14.3. The summed E-state index contributed by atoms with van der Waals surface area (Å²) in [6.45, 7) is 1.21. The highest BCUT2D eigenvalue weighted by molar-refractivity contribution is 5.77. The van der Waals surface area contributed by atoms with Gasteiger partial charge in [0.15, 0.2) is 0 Å². The lowest BCUT2D eigenvalue weighted by molar-refractivity contribution is -0.125. The second kappa shape index (κ2) is 12.4. The van der Waals surface area contributed by atoms with Gasteiger partial charge in [-0.25, -0.2) is 0 Å². The Morgan fingerprint density at radius 3 is 2.11 bits per heavy atom. The molecule has 0 heterocycles. The maximum absolute atomic E-state index is 11.1. The Bertz CT molecular complexity index is 321. The first-order chi connectivity index (χ1) is 9.20. The fourth-order valence-electron chi connectivity index (χ4n) is 0.988. The Morgan fingerprint density at radius 1 is 0.895 bits per heavy atom. The maximum Gasteiger partial charge on any atom is 0.246 e. The third-order valence-electron chi connectivity index (χ3n) is 1.85. The summed E-state index contributed by atoms with van der Waals surface area (Å²) in [5.41, 5.74) is 0. The second-order valence-electron chi connectivity index (χ2n) is 3.38. The van der Waals surface area contributed by atoms with E-state index in [9.17, 15) is 9.59 Å². The summed E-state index contributed by atoms with van der Waals surface area (Å²) in [6, 6.07) is 0. The number of ether oxygens (including phenoxy) is 2. The molecule has 0 fully saturated rings. The summed E-state index contributed by atoms with van der Waals surface area (Å²) in [5, 5.41) is 4.97. The highest BCUT2D eigenvalue weighted by Crippen LogP contribution is 1.84. The minimum Gasteiger partial charge on any atom is -0.379 e. The highest BCUT2D eigenvalue weighted by atomic mass is 16.5. The van der Waals surface area contributed by atoms with Crippen molar-refractivity contribution in [3.8, 4) is 24.7 Å². The Balaban J connectivity index is 3.28. The number of amides is 2. The Hall–Kier alpha value is -2.02. The van der Waals surface area contributed by atoms with Crippen LogP contribution in [0.15, 0.2) is 0 Å². The summed E-state index contributed by atoms with van der Waals surface area (Å²) in [6.07, 6.45) is 10.2. The molecule has 0 aliphatic rings. The summed E-state index contributed by atoms with van der Waals surface area (Å²) < 4.78 is 10.2. The first-order valence-corrected chi connectivity index (χ1v) is 5.76. The average Bonchev–Trinajstić information content (AvgIpc) is 2.41. The third kappa shape index (κ3) is 12.2. The summed E-state index contributed by atoms with van der Waals surface area (Å²) in [7, 11) is 0. The van der Waals surface area contributed by atoms with Gasteiger partial charge in [0.2, 0.25) is 11.8 Å². The predicted molar refractivity (Wildman–Crippen MR) is 69.9 cm³/mol. The van der Waals surface area contributed by atoms with E-state index in [-0.39, 0.29) is 51.1 Å². The van der Waals surface area contributed by atoms with Crippen molar-refractivity contribution in [2.75, 3.05) is 39.5 Å². The molecule has 6 nitrogen and oxygen atoms in total. The summed E-state index contributed by atoms with van der Waals surface area (Å²) >= 11 is 0. The fraction of sp³-hybridized carbons (Fsp3) is 0.538. The van der Waals surface area contributed by atoms with E-state index < -0.39 is 0 Å². The second-order valence-corrected chi connectivity index (χ2v) is 3.38. The van der Waals surface area contributed by atoms with Crippen molar-refractivity contribution in [1.82, 2.24) is 10.6 Å². The molecule has 0 saturated heterocycles. The van der Waals surface area contributed by atoms with Crippen molar-refractivity contribution >= 4 is 11.8 Å². The monoisotopic (exact) mass is 266 g/mol. The first kappa shape index (κ1) is 17.0. The molecule has 0 spiro atoms. The number of nitrogens with one attached hydrogen (secondary N) is 2. The Morgan fingerprint density at radius 2 is 1.47 bits per heavy atom. The van der Waals surface area contributed by atoms with Crippen molar-refractivity contribution in [3.05, 3.63) is 0 Å². The van der Waals surface area contributed by atoms with Crippen molar-refractivity contribution in [1.29, 1.82) is 0 Å². The maximum atomic E-state index is 11.1. The molecule has 2 amide bonds. The number of rotatable bonds is 10. The quantitative estimate of drug-likeness (QED) is 0.389. The molecule has 19 heavy (non-hydrogen) atoms. The van der Waals surface area contributed by atoms with E-state index in [0.29, 0.717) is 6.61 Å². The SMILES string of the molecule is C#CCNC(=O)CCOCCOCC(=O)NCC#C. The lowest BCUT2D eigenvalue weighted by atomic mass is 10.4. The molecule has 2 N–H and O–H groups in total. The zero-order valence-corrected chi connectivity index (χ0v) is 10.7. The normalized spacial score (nSPS) is 9.16. The van der Waals surface area contributed by atoms with E-state index in [1.165, 1.54) is 0 Å². The minimum atomic E-state index is -0.272. The largest absolute Gasteiger partial charge is 0.379 e. The minimum absolute atomic E-state index is 0.0618. The van der Waals surface area contributed by atoms with E-state index in [2.05, 4.69) is 22.5 Å². The Labute approximate surface area is 113 Å². The van der Waals surface area contributed by atoms with Crippen LogP contribution in [0.3, 0.4) is 0 Å². The number of hydrogen-bond acceptors (Lipinski definition) is 4. The number of terminal acetylenes is 2. The van der Waals surface area contributed by atoms with Gasteiger partial charge in [0, 0.05) is 6.42 Å². The van der Waals surface area contributed by atoms with Crippen LogP contribution >= 0.6 is 0 Å². The molecule has 0 unspecified atom stereocenters. The third-order valence-corrected chi connectivity index (χ3v) is 1.85. The molecule has 0 aromatic carbocycles. The molecular weight excluding hydrogens is 248 g/mol. The molecular formula is C13H18N2O4. The number of hydrogen-bond donors (Lipinski definition) is 2. The zero-order valence-electron chi connectivity index (χ0n) is 10.7. The van der Waals surface area contributed by atoms with Crippen molar-refractivity contribution in [3.63, 3.8) is 0 Å². The molecule has 104 valence electrons. The molecule has 0 rings (SSSR count). The lowest BCUT2D eigenvalue weighted by Gasteiger charge is -2.05. The van der Waals surface area contributed by atoms with Gasteiger partial charge in [-0.15, -0.1) is 12.8 Å². The van der Waals surface area contributed by atoms with Gasteiger partial charge in [0.05, 0.1) is 32.9 Å². The molecule has 0 aromatic heterocycles. The van der Waals surface area contributed by atoms with E-state index >= 15 is 0 Å². The van der Waals surface area contributed by atoms with Gasteiger partial charge in [-0.05, 0) is 0 Å². The van der Waals surface area contributed by atoms with Gasteiger partial charge < -0.3 is 20.1 Å². The van der Waals surface area contributed by atoms with Gasteiger partial charge in [-0.2, -0.15) is 0 Å². The smallest absolute Gasteiger partial charge is 0.246 e. The van der Waals surface area contributed by atoms with Gasteiger partial charge in [-0.3, -0.25) is 9.59 Å². The topological polar surface area (TPSA) is 76.7 Å². The molecule has 0 aliphatic heterocycles. The van der Waals surface area contributed by atoms with E-state index in [4.69, 9.17) is 22.3 Å². The van der Waals surface area contributed by atoms with Crippen LogP contribution in [0.5, 0.6) is 0 Å². The molecule has 0 aromatic rings. The molecule has 0 atom stereocenters. The van der Waals surface area contributed by atoms with Gasteiger partial charge in [0.1, 0.15) is 6.61 Å². The average molecular weight is 266 g/mol. The van der Waals surface area contributed by atoms with Crippen LogP contribution in [0, 0.1) is 24.7 Å². The molecule has 0 aliphatic carbocycles. The van der Waals surface area contributed by atoms with E-state index in [1.807, 2.05) is 0 Å². The van der Waals surface area contributed by atoms with Gasteiger partial charge in [0.25, 0.3) is 0 Å². The fourth-order valence-corrected chi connectivity index (χ4v) is 0.988.